The fourth-order valence-corrected chi connectivity index (χ4v) is 2.65. The van der Waals surface area contributed by atoms with Crippen LogP contribution in [-0.4, -0.2) is 25.2 Å². The second-order valence-corrected chi connectivity index (χ2v) is 5.67. The summed E-state index contributed by atoms with van der Waals surface area (Å²) in [6.45, 7) is -0.715. The number of carbonyl (C=O) groups excluding carboxylic acids is 1. The van der Waals surface area contributed by atoms with E-state index in [-0.39, 0.29) is 5.69 Å². The lowest BCUT2D eigenvalue weighted by molar-refractivity contribution is -0.129. The molecule has 2 aromatic rings. The van der Waals surface area contributed by atoms with Crippen LogP contribution in [0, 0.1) is 0 Å². The van der Waals surface area contributed by atoms with Crippen molar-refractivity contribution in [2.45, 2.75) is 12.6 Å². The Morgan fingerprint density at radius 1 is 1.16 bits per heavy atom. The van der Waals surface area contributed by atoms with Gasteiger partial charge in [0.1, 0.15) is 12.3 Å². The smallest absolute Gasteiger partial charge is 0.406 e. The summed E-state index contributed by atoms with van der Waals surface area (Å²) in [5, 5.41) is 0. The molecule has 0 aromatic heterocycles. The molecule has 3 nitrogen and oxygen atoms in total. The molecule has 0 fully saturated rings. The number of rotatable bonds is 4. The molecule has 1 amide bonds. The van der Waals surface area contributed by atoms with Crippen LogP contribution in [0.3, 0.4) is 0 Å². The maximum absolute atomic E-state index is 12.8. The van der Waals surface area contributed by atoms with Crippen molar-refractivity contribution in [3.05, 3.63) is 65.7 Å². The number of hydrogen-bond acceptors (Lipinski definition) is 2. The summed E-state index contributed by atoms with van der Waals surface area (Å²) in [5.74, 6) is 0.0896. The van der Waals surface area contributed by atoms with Gasteiger partial charge in [-0.05, 0) is 41.5 Å². The van der Waals surface area contributed by atoms with Gasteiger partial charge in [-0.3, -0.25) is 9.69 Å². The Kier molecular flexibility index (Phi) is 4.79. The molecule has 1 aliphatic heterocycles. The van der Waals surface area contributed by atoms with Gasteiger partial charge in [0.25, 0.3) is 5.91 Å². The van der Waals surface area contributed by atoms with Crippen molar-refractivity contribution in [3.8, 4) is 5.75 Å². The van der Waals surface area contributed by atoms with E-state index < -0.39 is 18.6 Å². The molecule has 3 rings (SSSR count). The molecule has 6 heteroatoms. The number of benzene rings is 2. The molecule has 1 aliphatic rings. The van der Waals surface area contributed by atoms with Crippen LogP contribution in [-0.2, 0) is 11.2 Å². The fraction of sp³-hybridized carbons (Fsp3) is 0.211. The van der Waals surface area contributed by atoms with Crippen LogP contribution in [0.25, 0.3) is 6.08 Å². The molecule has 0 bridgehead atoms. The summed E-state index contributed by atoms with van der Waals surface area (Å²) in [6, 6.07) is 13.3. The minimum Gasteiger partial charge on any atom is -0.493 e. The van der Waals surface area contributed by atoms with Crippen LogP contribution in [0.1, 0.15) is 11.1 Å². The third-order valence-corrected chi connectivity index (χ3v) is 3.80. The maximum atomic E-state index is 12.8. The van der Waals surface area contributed by atoms with Crippen molar-refractivity contribution < 1.29 is 22.7 Å². The van der Waals surface area contributed by atoms with Gasteiger partial charge in [-0.1, -0.05) is 24.3 Å². The van der Waals surface area contributed by atoms with Crippen molar-refractivity contribution in [1.82, 2.24) is 0 Å². The topological polar surface area (TPSA) is 29.5 Å². The number of alkyl halides is 3. The highest BCUT2D eigenvalue weighted by Crippen LogP contribution is 2.27. The monoisotopic (exact) mass is 347 g/mol. The standard InChI is InChI=1S/C19H16F3NO2/c20-19(21,22)13-23(16-4-2-1-3-5-16)18(24)9-7-14-6-8-17-15(12-14)10-11-25-17/h1-9,12H,10-11,13H2/b9-7+. The van der Waals surface area contributed by atoms with E-state index in [0.717, 1.165) is 29.4 Å². The Balaban J connectivity index is 1.80. The molecule has 0 saturated heterocycles. The van der Waals surface area contributed by atoms with Crippen LogP contribution >= 0.6 is 0 Å². The summed E-state index contributed by atoms with van der Waals surface area (Å²) < 4.78 is 43.9. The Bertz CT molecular complexity index is 785. The molecule has 0 N–H and O–H groups in total. The Labute approximate surface area is 143 Å². The minimum absolute atomic E-state index is 0.205. The zero-order valence-corrected chi connectivity index (χ0v) is 13.3. The first-order valence-corrected chi connectivity index (χ1v) is 7.79. The van der Waals surface area contributed by atoms with Gasteiger partial charge in [0.2, 0.25) is 0 Å². The molecule has 25 heavy (non-hydrogen) atoms. The molecule has 1 heterocycles. The van der Waals surface area contributed by atoms with E-state index in [1.54, 1.807) is 30.3 Å². The van der Waals surface area contributed by atoms with Gasteiger partial charge < -0.3 is 4.74 Å². The van der Waals surface area contributed by atoms with Crippen molar-refractivity contribution in [1.29, 1.82) is 0 Å². The van der Waals surface area contributed by atoms with E-state index in [2.05, 4.69) is 0 Å². The van der Waals surface area contributed by atoms with Crippen LogP contribution in [0.4, 0.5) is 18.9 Å². The lowest BCUT2D eigenvalue weighted by Gasteiger charge is -2.22. The minimum atomic E-state index is -4.48. The molecule has 0 saturated carbocycles. The van der Waals surface area contributed by atoms with Crippen LogP contribution in [0.2, 0.25) is 0 Å². The predicted octanol–water partition coefficient (Wildman–Crippen LogP) is 4.23. The van der Waals surface area contributed by atoms with Crippen molar-refractivity contribution in [3.63, 3.8) is 0 Å². The summed E-state index contributed by atoms with van der Waals surface area (Å²) in [7, 11) is 0. The highest BCUT2D eigenvalue weighted by atomic mass is 19.4. The highest BCUT2D eigenvalue weighted by molar-refractivity contribution is 6.03. The molecular weight excluding hydrogens is 331 g/mol. The number of nitrogens with zero attached hydrogens (tertiary/aromatic N) is 1. The third-order valence-electron chi connectivity index (χ3n) is 3.80. The van der Waals surface area contributed by atoms with E-state index >= 15 is 0 Å². The molecule has 2 aromatic carbocycles. The second kappa shape index (κ2) is 7.01. The van der Waals surface area contributed by atoms with Gasteiger partial charge in [0.15, 0.2) is 0 Å². The lowest BCUT2D eigenvalue weighted by Crippen LogP contribution is -2.38. The van der Waals surface area contributed by atoms with Crippen LogP contribution in [0.15, 0.2) is 54.6 Å². The number of anilines is 1. The number of fused-ring (bicyclic) bond motifs is 1. The average molecular weight is 347 g/mol. The maximum Gasteiger partial charge on any atom is 0.406 e. The molecule has 0 atom stereocenters. The van der Waals surface area contributed by atoms with Gasteiger partial charge in [-0.15, -0.1) is 0 Å². The van der Waals surface area contributed by atoms with E-state index in [4.69, 9.17) is 4.74 Å². The number of amides is 1. The second-order valence-electron chi connectivity index (χ2n) is 5.67. The summed E-state index contributed by atoms with van der Waals surface area (Å²) in [6.07, 6.45) is -1.01. The average Bonchev–Trinajstić information content (AvgIpc) is 3.05. The largest absolute Gasteiger partial charge is 0.493 e. The lowest BCUT2D eigenvalue weighted by atomic mass is 10.1. The zero-order chi connectivity index (χ0) is 17.9. The van der Waals surface area contributed by atoms with Gasteiger partial charge >= 0.3 is 6.18 Å². The SMILES string of the molecule is O=C(/C=C/c1ccc2c(c1)CCO2)N(CC(F)(F)F)c1ccccc1. The molecular formula is C19H16F3NO2. The first-order chi connectivity index (χ1) is 11.9. The number of carbonyl (C=O) groups is 1. The molecule has 0 unspecified atom stereocenters. The molecule has 130 valence electrons. The number of ether oxygens (including phenoxy) is 1. The normalized spacial score (nSPS) is 13.6. The van der Waals surface area contributed by atoms with E-state index in [0.29, 0.717) is 11.5 Å². The van der Waals surface area contributed by atoms with Crippen molar-refractivity contribution in [2.75, 3.05) is 18.1 Å². The van der Waals surface area contributed by atoms with Gasteiger partial charge in [0, 0.05) is 18.2 Å². The van der Waals surface area contributed by atoms with E-state index in [9.17, 15) is 18.0 Å². The summed E-state index contributed by atoms with van der Waals surface area (Å²) in [5.41, 5.74) is 1.99. The van der Waals surface area contributed by atoms with Gasteiger partial charge in [-0.25, -0.2) is 0 Å². The highest BCUT2D eigenvalue weighted by Gasteiger charge is 2.33. The Morgan fingerprint density at radius 2 is 1.92 bits per heavy atom. The third kappa shape index (κ3) is 4.41. The summed E-state index contributed by atoms with van der Waals surface area (Å²) >= 11 is 0. The molecule has 0 spiro atoms. The quantitative estimate of drug-likeness (QED) is 0.775. The Hall–Kier alpha value is -2.76. The van der Waals surface area contributed by atoms with E-state index in [1.165, 1.54) is 18.2 Å². The zero-order valence-electron chi connectivity index (χ0n) is 13.3. The molecule has 0 aliphatic carbocycles. The van der Waals surface area contributed by atoms with Gasteiger partial charge in [0.05, 0.1) is 6.61 Å². The number of hydrogen-bond donors (Lipinski definition) is 0. The van der Waals surface area contributed by atoms with Crippen molar-refractivity contribution >= 4 is 17.7 Å². The summed E-state index contributed by atoms with van der Waals surface area (Å²) in [4.78, 5) is 13.1. The number of para-hydroxylation sites is 1. The number of halogens is 3. The van der Waals surface area contributed by atoms with Crippen molar-refractivity contribution in [2.24, 2.45) is 0 Å². The molecule has 0 radical (unpaired) electrons. The van der Waals surface area contributed by atoms with E-state index in [1.807, 2.05) is 6.07 Å². The first-order valence-electron chi connectivity index (χ1n) is 7.79. The predicted molar refractivity (Wildman–Crippen MR) is 89.5 cm³/mol. The Morgan fingerprint density at radius 3 is 2.64 bits per heavy atom. The first kappa shape index (κ1) is 17.1. The van der Waals surface area contributed by atoms with Crippen LogP contribution < -0.4 is 9.64 Å². The van der Waals surface area contributed by atoms with Crippen LogP contribution in [0.5, 0.6) is 5.75 Å². The fourth-order valence-electron chi connectivity index (χ4n) is 2.65. The van der Waals surface area contributed by atoms with Gasteiger partial charge in [-0.2, -0.15) is 13.2 Å².